The van der Waals surface area contributed by atoms with E-state index < -0.39 is 12.0 Å². The molecule has 0 unspecified atom stereocenters. The number of fused-ring (bicyclic) bond motifs is 1. The standard InChI is InChI=1S/C17H15NO4/c19-13-7-5-11(6-8-13)9-15(17(21)22)18-10-12-3-1-2-4-14(12)16(18)20/h1-8,15,19H,9-10H2,(H,21,22)/t15-/m0/s1. The van der Waals surface area contributed by atoms with Crippen LogP contribution in [-0.4, -0.2) is 33.0 Å². The number of carboxylic acid groups (broad SMARTS) is 1. The maximum absolute atomic E-state index is 12.4. The molecule has 1 atom stereocenters. The molecule has 2 aromatic carbocycles. The Morgan fingerprint density at radius 2 is 1.82 bits per heavy atom. The first-order valence-corrected chi connectivity index (χ1v) is 6.96. The number of phenolic OH excluding ortho intramolecular Hbond substituents is 1. The lowest BCUT2D eigenvalue weighted by molar-refractivity contribution is -0.142. The molecule has 0 saturated heterocycles. The van der Waals surface area contributed by atoms with Gasteiger partial charge in [-0.2, -0.15) is 0 Å². The third kappa shape index (κ3) is 2.53. The van der Waals surface area contributed by atoms with Crippen molar-refractivity contribution in [1.82, 2.24) is 4.90 Å². The summed E-state index contributed by atoms with van der Waals surface area (Å²) < 4.78 is 0. The molecule has 0 radical (unpaired) electrons. The van der Waals surface area contributed by atoms with E-state index in [1.165, 1.54) is 17.0 Å². The number of benzene rings is 2. The van der Waals surface area contributed by atoms with Gasteiger partial charge in [0.25, 0.3) is 5.91 Å². The fourth-order valence-corrected chi connectivity index (χ4v) is 2.71. The van der Waals surface area contributed by atoms with Crippen LogP contribution in [0.2, 0.25) is 0 Å². The van der Waals surface area contributed by atoms with Gasteiger partial charge in [-0.25, -0.2) is 4.79 Å². The molecule has 22 heavy (non-hydrogen) atoms. The Balaban J connectivity index is 1.85. The van der Waals surface area contributed by atoms with E-state index in [9.17, 15) is 19.8 Å². The smallest absolute Gasteiger partial charge is 0.326 e. The molecule has 1 aliphatic rings. The van der Waals surface area contributed by atoms with Crippen LogP contribution < -0.4 is 0 Å². The fourth-order valence-electron chi connectivity index (χ4n) is 2.71. The van der Waals surface area contributed by atoms with Crippen molar-refractivity contribution in [1.29, 1.82) is 0 Å². The van der Waals surface area contributed by atoms with Crippen LogP contribution in [0.5, 0.6) is 5.75 Å². The van der Waals surface area contributed by atoms with Crippen molar-refractivity contribution in [3.63, 3.8) is 0 Å². The maximum atomic E-state index is 12.4. The number of rotatable bonds is 4. The number of amides is 1. The third-order valence-electron chi connectivity index (χ3n) is 3.88. The Bertz CT molecular complexity index is 724. The molecule has 3 rings (SSSR count). The van der Waals surface area contributed by atoms with Gasteiger partial charge in [0.2, 0.25) is 0 Å². The molecular formula is C17H15NO4. The zero-order valence-electron chi connectivity index (χ0n) is 11.8. The summed E-state index contributed by atoms with van der Waals surface area (Å²) in [5.41, 5.74) is 2.18. The van der Waals surface area contributed by atoms with Crippen LogP contribution >= 0.6 is 0 Å². The van der Waals surface area contributed by atoms with Gasteiger partial charge in [0.15, 0.2) is 0 Å². The average molecular weight is 297 g/mol. The molecule has 2 aromatic rings. The number of carbonyl (C=O) groups is 2. The van der Waals surface area contributed by atoms with Gasteiger partial charge < -0.3 is 15.1 Å². The van der Waals surface area contributed by atoms with Gasteiger partial charge >= 0.3 is 5.97 Å². The second-order valence-corrected chi connectivity index (χ2v) is 5.31. The van der Waals surface area contributed by atoms with Gasteiger partial charge in [0, 0.05) is 18.5 Å². The molecule has 5 nitrogen and oxygen atoms in total. The predicted molar refractivity (Wildman–Crippen MR) is 79.6 cm³/mol. The number of phenols is 1. The van der Waals surface area contributed by atoms with Crippen molar-refractivity contribution in [3.8, 4) is 5.75 Å². The number of carboxylic acids is 1. The first-order chi connectivity index (χ1) is 10.6. The minimum atomic E-state index is -1.03. The summed E-state index contributed by atoms with van der Waals surface area (Å²) in [7, 11) is 0. The zero-order valence-corrected chi connectivity index (χ0v) is 11.8. The zero-order chi connectivity index (χ0) is 15.7. The Kier molecular flexibility index (Phi) is 3.55. The Hall–Kier alpha value is -2.82. The molecule has 1 aliphatic heterocycles. The number of aliphatic carboxylic acids is 1. The Morgan fingerprint density at radius 3 is 2.45 bits per heavy atom. The van der Waals surface area contributed by atoms with E-state index in [-0.39, 0.29) is 18.1 Å². The maximum Gasteiger partial charge on any atom is 0.326 e. The molecule has 0 fully saturated rings. The van der Waals surface area contributed by atoms with Gasteiger partial charge in [0.05, 0.1) is 0 Å². The Morgan fingerprint density at radius 1 is 1.14 bits per heavy atom. The van der Waals surface area contributed by atoms with E-state index in [4.69, 9.17) is 0 Å². The lowest BCUT2D eigenvalue weighted by Gasteiger charge is -2.24. The molecule has 112 valence electrons. The third-order valence-corrected chi connectivity index (χ3v) is 3.88. The topological polar surface area (TPSA) is 77.8 Å². The van der Waals surface area contributed by atoms with Crippen molar-refractivity contribution in [2.24, 2.45) is 0 Å². The van der Waals surface area contributed by atoms with Crippen LogP contribution in [0.25, 0.3) is 0 Å². The molecule has 1 heterocycles. The Labute approximate surface area is 127 Å². The lowest BCUT2D eigenvalue weighted by Crippen LogP contribution is -2.42. The molecule has 0 bridgehead atoms. The van der Waals surface area contributed by atoms with Crippen LogP contribution in [0.3, 0.4) is 0 Å². The molecular weight excluding hydrogens is 282 g/mol. The number of aromatic hydroxyl groups is 1. The summed E-state index contributed by atoms with van der Waals surface area (Å²) in [6, 6.07) is 12.6. The molecule has 5 heteroatoms. The monoisotopic (exact) mass is 297 g/mol. The van der Waals surface area contributed by atoms with E-state index in [2.05, 4.69) is 0 Å². The van der Waals surface area contributed by atoms with Crippen molar-refractivity contribution in [2.45, 2.75) is 19.0 Å². The summed E-state index contributed by atoms with van der Waals surface area (Å²) in [4.78, 5) is 25.4. The lowest BCUT2D eigenvalue weighted by atomic mass is 10.0. The number of hydrogen-bond donors (Lipinski definition) is 2. The van der Waals surface area contributed by atoms with E-state index >= 15 is 0 Å². The van der Waals surface area contributed by atoms with Crippen LogP contribution in [0.1, 0.15) is 21.5 Å². The van der Waals surface area contributed by atoms with Crippen LogP contribution in [0.4, 0.5) is 0 Å². The fraction of sp³-hybridized carbons (Fsp3) is 0.176. The summed E-state index contributed by atoms with van der Waals surface area (Å²) in [5, 5.41) is 18.8. The highest BCUT2D eigenvalue weighted by molar-refractivity contribution is 6.00. The summed E-state index contributed by atoms with van der Waals surface area (Å²) in [6.45, 7) is 0.310. The number of nitrogens with zero attached hydrogens (tertiary/aromatic N) is 1. The van der Waals surface area contributed by atoms with Gasteiger partial charge in [-0.15, -0.1) is 0 Å². The molecule has 2 N–H and O–H groups in total. The quantitative estimate of drug-likeness (QED) is 0.905. The second-order valence-electron chi connectivity index (χ2n) is 5.31. The summed E-state index contributed by atoms with van der Waals surface area (Å²) in [6.07, 6.45) is 0.204. The van der Waals surface area contributed by atoms with E-state index in [0.717, 1.165) is 11.1 Å². The predicted octanol–water partition coefficient (Wildman–Crippen LogP) is 2.04. The molecule has 0 spiro atoms. The largest absolute Gasteiger partial charge is 0.508 e. The number of hydrogen-bond acceptors (Lipinski definition) is 3. The van der Waals surface area contributed by atoms with Gasteiger partial charge in [-0.1, -0.05) is 30.3 Å². The van der Waals surface area contributed by atoms with E-state index in [1.54, 1.807) is 24.3 Å². The minimum Gasteiger partial charge on any atom is -0.508 e. The van der Waals surface area contributed by atoms with Gasteiger partial charge in [-0.3, -0.25) is 4.79 Å². The highest BCUT2D eigenvalue weighted by Crippen LogP contribution is 2.26. The minimum absolute atomic E-state index is 0.125. The second kappa shape index (κ2) is 5.52. The van der Waals surface area contributed by atoms with Crippen molar-refractivity contribution in [2.75, 3.05) is 0 Å². The van der Waals surface area contributed by atoms with Crippen LogP contribution in [0, 0.1) is 0 Å². The van der Waals surface area contributed by atoms with E-state index in [1.807, 2.05) is 12.1 Å². The normalized spacial score (nSPS) is 14.7. The SMILES string of the molecule is O=C(O)[C@H](Cc1ccc(O)cc1)N1Cc2ccccc2C1=O. The first kappa shape index (κ1) is 14.1. The highest BCUT2D eigenvalue weighted by Gasteiger charge is 2.36. The highest BCUT2D eigenvalue weighted by atomic mass is 16.4. The van der Waals surface area contributed by atoms with Crippen LogP contribution in [0.15, 0.2) is 48.5 Å². The van der Waals surface area contributed by atoms with Gasteiger partial charge in [-0.05, 0) is 29.3 Å². The molecule has 0 aromatic heterocycles. The van der Waals surface area contributed by atoms with Crippen LogP contribution in [-0.2, 0) is 17.8 Å². The molecule has 0 aliphatic carbocycles. The molecule has 0 saturated carbocycles. The van der Waals surface area contributed by atoms with Crippen molar-refractivity contribution in [3.05, 3.63) is 65.2 Å². The van der Waals surface area contributed by atoms with Gasteiger partial charge in [0.1, 0.15) is 11.8 Å². The number of carbonyl (C=O) groups excluding carboxylic acids is 1. The summed E-state index contributed by atoms with van der Waals surface area (Å²) >= 11 is 0. The van der Waals surface area contributed by atoms with E-state index in [0.29, 0.717) is 12.1 Å². The average Bonchev–Trinajstić information content (AvgIpc) is 2.84. The first-order valence-electron chi connectivity index (χ1n) is 6.96. The van der Waals surface area contributed by atoms with Crippen molar-refractivity contribution < 1.29 is 19.8 Å². The summed E-state index contributed by atoms with van der Waals surface area (Å²) in [5.74, 6) is -1.16. The van der Waals surface area contributed by atoms with Crippen molar-refractivity contribution >= 4 is 11.9 Å². The molecule has 1 amide bonds.